The molecule has 1 aliphatic heterocycles. The number of carbonyl (C=O) groups is 1. The van der Waals surface area contributed by atoms with E-state index in [4.69, 9.17) is 15.2 Å². The fraction of sp³-hybridized carbons (Fsp3) is 0.500. The number of unbranched alkanes of at least 4 members (excludes halogenated alkanes) is 1. The van der Waals surface area contributed by atoms with Crippen molar-refractivity contribution in [2.75, 3.05) is 11.9 Å². The third kappa shape index (κ3) is 9.02. The van der Waals surface area contributed by atoms with Crippen molar-refractivity contribution in [2.24, 2.45) is 28.5 Å². The molecule has 9 heteroatoms. The number of aromatic nitrogens is 1. The molecule has 2 aliphatic rings. The van der Waals surface area contributed by atoms with E-state index in [-0.39, 0.29) is 29.7 Å². The van der Waals surface area contributed by atoms with E-state index in [0.717, 1.165) is 62.5 Å². The molecule has 2 aromatic rings. The molecule has 4 rings (SSSR count). The number of ether oxygens (including phenoxy) is 2. The summed E-state index contributed by atoms with van der Waals surface area (Å²) in [6.45, 7) is 17.5. The van der Waals surface area contributed by atoms with Gasteiger partial charge in [0.1, 0.15) is 23.2 Å². The van der Waals surface area contributed by atoms with Gasteiger partial charge in [0.15, 0.2) is 0 Å². The number of hydrogen-bond acceptors (Lipinski definition) is 7. The Morgan fingerprint density at radius 2 is 1.91 bits per heavy atom. The second kappa shape index (κ2) is 16.6. The molecule has 3 atom stereocenters. The van der Waals surface area contributed by atoms with Crippen molar-refractivity contribution in [1.29, 1.82) is 0 Å². The van der Waals surface area contributed by atoms with Crippen LogP contribution in [-0.2, 0) is 0 Å². The van der Waals surface area contributed by atoms with Gasteiger partial charge in [0.2, 0.25) is 5.95 Å². The van der Waals surface area contributed by atoms with Gasteiger partial charge >= 0.3 is 0 Å². The number of carbonyl (C=O) groups excluding carboxylic acids is 1. The number of nitrogens with one attached hydrogen (secondary N) is 1. The van der Waals surface area contributed by atoms with Crippen LogP contribution in [0.4, 0.5) is 10.2 Å². The number of amides is 1. The van der Waals surface area contributed by atoms with E-state index in [1.807, 2.05) is 13.0 Å². The first-order valence-corrected chi connectivity index (χ1v) is 17.2. The van der Waals surface area contributed by atoms with Gasteiger partial charge in [-0.1, -0.05) is 66.5 Å². The van der Waals surface area contributed by atoms with Crippen molar-refractivity contribution >= 4 is 23.1 Å². The first kappa shape index (κ1) is 35.7. The van der Waals surface area contributed by atoms with Crippen molar-refractivity contribution in [3.05, 3.63) is 77.8 Å². The van der Waals surface area contributed by atoms with Crippen LogP contribution in [-0.4, -0.2) is 34.3 Å². The number of anilines is 1. The van der Waals surface area contributed by atoms with Crippen molar-refractivity contribution in [3.63, 3.8) is 0 Å². The summed E-state index contributed by atoms with van der Waals surface area (Å²) in [5.74, 6) is 1.41. The van der Waals surface area contributed by atoms with Gasteiger partial charge in [-0.15, -0.1) is 0 Å². The summed E-state index contributed by atoms with van der Waals surface area (Å²) in [6, 6.07) is 8.83. The number of nitrogens with two attached hydrogens (primary N) is 1. The van der Waals surface area contributed by atoms with Crippen molar-refractivity contribution in [2.45, 2.75) is 99.0 Å². The Labute approximate surface area is 280 Å². The molecule has 0 spiro atoms. The number of pyridine rings is 1. The van der Waals surface area contributed by atoms with Crippen molar-refractivity contribution in [3.8, 4) is 11.5 Å². The number of amidine groups is 1. The molecule has 3 unspecified atom stereocenters. The van der Waals surface area contributed by atoms with Crippen LogP contribution in [0, 0.1) is 17.8 Å². The molecule has 3 N–H and O–H groups in total. The Balaban J connectivity index is 1.77. The molecule has 8 nitrogen and oxygen atoms in total. The predicted octanol–water partition coefficient (Wildman–Crippen LogP) is 9.23. The molecular weight excluding hydrogens is 593 g/mol. The lowest BCUT2D eigenvalue weighted by Gasteiger charge is -2.37. The van der Waals surface area contributed by atoms with E-state index in [1.165, 1.54) is 6.20 Å². The highest BCUT2D eigenvalue weighted by atomic mass is 19.1. The number of allylic oxidation sites excluding steroid dienone is 2. The van der Waals surface area contributed by atoms with E-state index in [1.54, 1.807) is 35.4 Å². The lowest BCUT2D eigenvalue weighted by molar-refractivity contribution is 0.102. The minimum absolute atomic E-state index is 0.0547. The minimum Gasteiger partial charge on any atom is -0.493 e. The van der Waals surface area contributed by atoms with Gasteiger partial charge in [0.25, 0.3) is 5.91 Å². The molecule has 1 aliphatic carbocycles. The molecule has 1 aromatic carbocycles. The Kier molecular flexibility index (Phi) is 12.6. The van der Waals surface area contributed by atoms with Gasteiger partial charge in [-0.3, -0.25) is 9.69 Å². The predicted molar refractivity (Wildman–Crippen MR) is 189 cm³/mol. The Morgan fingerprint density at radius 1 is 1.15 bits per heavy atom. The first-order chi connectivity index (χ1) is 22.6. The van der Waals surface area contributed by atoms with Gasteiger partial charge in [-0.25, -0.2) is 9.98 Å². The molecule has 1 aromatic heterocycles. The van der Waals surface area contributed by atoms with Crippen LogP contribution in [0.5, 0.6) is 11.5 Å². The molecule has 1 fully saturated rings. The number of aliphatic imine (C=N–C) groups is 1. The van der Waals surface area contributed by atoms with Gasteiger partial charge < -0.3 is 20.5 Å². The number of benzene rings is 1. The summed E-state index contributed by atoms with van der Waals surface area (Å²) in [7, 11) is 0. The van der Waals surface area contributed by atoms with E-state index in [0.29, 0.717) is 46.8 Å². The Hall–Kier alpha value is -4.14. The van der Waals surface area contributed by atoms with Crippen LogP contribution in [0.1, 0.15) is 109 Å². The van der Waals surface area contributed by atoms with E-state index < -0.39 is 5.95 Å². The zero-order valence-corrected chi connectivity index (χ0v) is 28.9. The molecule has 0 saturated heterocycles. The third-order valence-electron chi connectivity index (χ3n) is 9.03. The fourth-order valence-corrected chi connectivity index (χ4v) is 5.82. The zero-order valence-electron chi connectivity index (χ0n) is 28.9. The summed E-state index contributed by atoms with van der Waals surface area (Å²) in [6.07, 6.45) is 10.8. The standard InChI is InChI=1S/C38H52FN5O3/c1-8-12-13-27(20-24(5)9-2)26(7)44-33(39)23-42-37(40)36(44)35(25(6)10-3)31-17-14-28(21-32(31)46-11-4)38(45)43-34-22-30(18-19-41-34)47-29-15-16-29/h14,17-19,21-25,27,29H,7-13,15-16,20H2,1-6H3,(H2,40,42)(H,41,43,45)/b36-35+. The maximum Gasteiger partial charge on any atom is 0.256 e. The smallest absolute Gasteiger partial charge is 0.256 e. The highest BCUT2D eigenvalue weighted by Gasteiger charge is 2.34. The summed E-state index contributed by atoms with van der Waals surface area (Å²) in [5.41, 5.74) is 9.70. The molecule has 254 valence electrons. The van der Waals surface area contributed by atoms with Gasteiger partial charge in [0, 0.05) is 29.1 Å². The number of nitrogens with zero attached hydrogens (tertiary/aromatic N) is 3. The number of rotatable bonds is 17. The van der Waals surface area contributed by atoms with Crippen molar-refractivity contribution < 1.29 is 18.7 Å². The quantitative estimate of drug-likeness (QED) is 0.166. The summed E-state index contributed by atoms with van der Waals surface area (Å²) < 4.78 is 28.0. The minimum atomic E-state index is -0.514. The van der Waals surface area contributed by atoms with Crippen LogP contribution >= 0.6 is 0 Å². The molecule has 0 radical (unpaired) electrons. The summed E-state index contributed by atoms with van der Waals surface area (Å²) in [5, 5.41) is 2.88. The molecule has 47 heavy (non-hydrogen) atoms. The van der Waals surface area contributed by atoms with Gasteiger partial charge in [-0.2, -0.15) is 4.39 Å². The average molecular weight is 646 g/mol. The van der Waals surface area contributed by atoms with E-state index in [9.17, 15) is 4.79 Å². The van der Waals surface area contributed by atoms with Crippen LogP contribution in [0.2, 0.25) is 0 Å². The lowest BCUT2D eigenvalue weighted by atomic mass is 9.85. The van der Waals surface area contributed by atoms with E-state index in [2.05, 4.69) is 56.5 Å². The van der Waals surface area contributed by atoms with Crippen molar-refractivity contribution in [1.82, 2.24) is 9.88 Å². The maximum atomic E-state index is 16.0. The normalized spacial score (nSPS) is 17.6. The number of halogens is 1. The van der Waals surface area contributed by atoms with E-state index >= 15 is 4.39 Å². The highest BCUT2D eigenvalue weighted by molar-refractivity contribution is 6.07. The molecule has 1 saturated carbocycles. The maximum absolute atomic E-state index is 16.0. The fourth-order valence-electron chi connectivity index (χ4n) is 5.82. The summed E-state index contributed by atoms with van der Waals surface area (Å²) in [4.78, 5) is 23.6. The first-order valence-electron chi connectivity index (χ1n) is 17.2. The highest BCUT2D eigenvalue weighted by Crippen LogP contribution is 2.42. The molecular formula is C38H52FN5O3. The summed E-state index contributed by atoms with van der Waals surface area (Å²) >= 11 is 0. The van der Waals surface area contributed by atoms with Gasteiger partial charge in [0.05, 0.1) is 24.6 Å². The monoisotopic (exact) mass is 645 g/mol. The second-order valence-corrected chi connectivity index (χ2v) is 12.7. The van der Waals surface area contributed by atoms with Crippen LogP contribution < -0.4 is 20.5 Å². The second-order valence-electron chi connectivity index (χ2n) is 12.7. The van der Waals surface area contributed by atoms with Gasteiger partial charge in [-0.05, 0) is 80.6 Å². The average Bonchev–Trinajstić information content (AvgIpc) is 3.89. The van der Waals surface area contributed by atoms with Crippen LogP contribution in [0.3, 0.4) is 0 Å². The largest absolute Gasteiger partial charge is 0.493 e. The topological polar surface area (TPSA) is 102 Å². The molecule has 1 amide bonds. The Morgan fingerprint density at radius 3 is 2.57 bits per heavy atom. The number of hydrogen-bond donors (Lipinski definition) is 2. The molecule has 2 heterocycles. The zero-order chi connectivity index (χ0) is 34.1. The molecule has 0 bridgehead atoms. The lowest BCUT2D eigenvalue weighted by Crippen LogP contribution is -2.36. The van der Waals surface area contributed by atoms with Crippen LogP contribution in [0.25, 0.3) is 5.57 Å². The third-order valence-corrected chi connectivity index (χ3v) is 9.03. The van der Waals surface area contributed by atoms with Crippen LogP contribution in [0.15, 0.2) is 71.6 Å². The Bertz CT molecular complexity index is 1510. The SMILES string of the molecule is C=C(C(CCCC)CC(C)CC)N1C(F)=CN=C(N)/C1=C(\c1ccc(C(=O)Nc2cc(OC3CC3)ccn2)cc1OCC)C(C)CC.